The predicted octanol–water partition coefficient (Wildman–Crippen LogP) is 2.95. The van der Waals surface area contributed by atoms with E-state index in [9.17, 15) is 14.5 Å². The first-order valence-corrected chi connectivity index (χ1v) is 5.58. The summed E-state index contributed by atoms with van der Waals surface area (Å²) >= 11 is 0. The fourth-order valence-electron chi connectivity index (χ4n) is 1.75. The maximum absolute atomic E-state index is 13.1. The third-order valence-corrected chi connectivity index (χ3v) is 2.79. The van der Waals surface area contributed by atoms with Crippen LogP contribution in [0.2, 0.25) is 0 Å². The molecule has 19 heavy (non-hydrogen) atoms. The summed E-state index contributed by atoms with van der Waals surface area (Å²) in [4.78, 5) is 10.3. The highest BCUT2D eigenvalue weighted by Gasteiger charge is 2.16. The van der Waals surface area contributed by atoms with Gasteiger partial charge in [-0.25, -0.2) is 4.39 Å². The van der Waals surface area contributed by atoms with Crippen LogP contribution in [0.3, 0.4) is 0 Å². The Balaban J connectivity index is 2.24. The minimum atomic E-state index is -0.560. The molecule has 0 saturated carbocycles. The normalized spacial score (nSPS) is 10.5. The fraction of sp³-hybridized carbons (Fsp3) is 0.250. The van der Waals surface area contributed by atoms with E-state index in [2.05, 4.69) is 10.5 Å². The van der Waals surface area contributed by atoms with Crippen LogP contribution in [0.1, 0.15) is 17.0 Å². The van der Waals surface area contributed by atoms with Gasteiger partial charge in [0.1, 0.15) is 17.3 Å². The van der Waals surface area contributed by atoms with Crippen molar-refractivity contribution < 1.29 is 13.8 Å². The van der Waals surface area contributed by atoms with Crippen molar-refractivity contribution in [3.63, 3.8) is 0 Å². The van der Waals surface area contributed by atoms with Crippen LogP contribution in [0.4, 0.5) is 15.8 Å². The number of nitro benzene ring substituents is 1. The molecule has 1 N–H and O–H groups in total. The minimum Gasteiger partial charge on any atom is -0.375 e. The molecular weight excluding hydrogens is 253 g/mol. The quantitative estimate of drug-likeness (QED) is 0.679. The Morgan fingerprint density at radius 3 is 2.79 bits per heavy atom. The average molecular weight is 265 g/mol. The van der Waals surface area contributed by atoms with E-state index in [0.29, 0.717) is 11.5 Å². The van der Waals surface area contributed by atoms with Crippen LogP contribution >= 0.6 is 0 Å². The van der Waals surface area contributed by atoms with Crippen molar-refractivity contribution in [3.8, 4) is 0 Å². The molecule has 0 fully saturated rings. The molecule has 0 atom stereocenters. The first-order valence-electron chi connectivity index (χ1n) is 5.58. The second kappa shape index (κ2) is 5.05. The predicted molar refractivity (Wildman–Crippen MR) is 66.4 cm³/mol. The summed E-state index contributed by atoms with van der Waals surface area (Å²) in [5.41, 5.74) is 1.46. The monoisotopic (exact) mass is 265 g/mol. The maximum atomic E-state index is 13.1. The maximum Gasteiger partial charge on any atom is 0.292 e. The smallest absolute Gasteiger partial charge is 0.292 e. The highest BCUT2D eigenvalue weighted by Crippen LogP contribution is 2.26. The molecule has 100 valence electrons. The summed E-state index contributed by atoms with van der Waals surface area (Å²) in [5.74, 6) is 0.0934. The number of nitrogens with one attached hydrogen (secondary N) is 1. The Bertz CT molecular complexity index is 605. The van der Waals surface area contributed by atoms with Crippen LogP contribution in [-0.2, 0) is 6.54 Å². The van der Waals surface area contributed by atoms with Crippen molar-refractivity contribution in [2.24, 2.45) is 0 Å². The average Bonchev–Trinajstić information content (AvgIpc) is 2.66. The van der Waals surface area contributed by atoms with Gasteiger partial charge in [0.15, 0.2) is 0 Å². The third kappa shape index (κ3) is 2.70. The summed E-state index contributed by atoms with van der Waals surface area (Å²) in [7, 11) is 0. The van der Waals surface area contributed by atoms with Crippen molar-refractivity contribution in [2.45, 2.75) is 20.4 Å². The molecule has 0 aliphatic rings. The SMILES string of the molecule is Cc1noc(C)c1CNc1cc(F)ccc1[N+](=O)[O-]. The Morgan fingerprint density at radius 2 is 2.21 bits per heavy atom. The molecule has 0 aliphatic carbocycles. The number of benzene rings is 1. The first kappa shape index (κ1) is 13.0. The first-order chi connectivity index (χ1) is 8.99. The van der Waals surface area contributed by atoms with Gasteiger partial charge in [-0.15, -0.1) is 0 Å². The van der Waals surface area contributed by atoms with Gasteiger partial charge in [0.2, 0.25) is 0 Å². The highest BCUT2D eigenvalue weighted by atomic mass is 19.1. The lowest BCUT2D eigenvalue weighted by molar-refractivity contribution is -0.384. The number of aromatic nitrogens is 1. The molecule has 1 aromatic heterocycles. The molecule has 1 aromatic carbocycles. The zero-order valence-electron chi connectivity index (χ0n) is 10.4. The van der Waals surface area contributed by atoms with Crippen molar-refractivity contribution in [1.29, 1.82) is 0 Å². The van der Waals surface area contributed by atoms with Crippen LogP contribution in [0.15, 0.2) is 22.7 Å². The van der Waals surface area contributed by atoms with Crippen LogP contribution < -0.4 is 5.32 Å². The summed E-state index contributed by atoms with van der Waals surface area (Å²) in [5, 5.41) is 17.5. The van der Waals surface area contributed by atoms with Gasteiger partial charge in [0, 0.05) is 24.2 Å². The number of rotatable bonds is 4. The Morgan fingerprint density at radius 1 is 1.47 bits per heavy atom. The molecule has 0 bridgehead atoms. The standard InChI is InChI=1S/C12H12FN3O3/c1-7-10(8(2)19-15-7)6-14-11-5-9(13)3-4-12(11)16(17)18/h3-5,14H,6H2,1-2H3. The highest BCUT2D eigenvalue weighted by molar-refractivity contribution is 5.61. The zero-order valence-corrected chi connectivity index (χ0v) is 10.4. The lowest BCUT2D eigenvalue weighted by Crippen LogP contribution is -2.04. The van der Waals surface area contributed by atoms with Crippen LogP contribution in [0, 0.1) is 29.8 Å². The molecule has 6 nitrogen and oxygen atoms in total. The molecule has 0 spiro atoms. The molecule has 2 rings (SSSR count). The molecule has 0 amide bonds. The number of nitro groups is 1. The summed E-state index contributed by atoms with van der Waals surface area (Å²) in [6.45, 7) is 3.80. The van der Waals surface area contributed by atoms with Crippen molar-refractivity contribution in [2.75, 3.05) is 5.32 Å². The van der Waals surface area contributed by atoms with Crippen molar-refractivity contribution in [1.82, 2.24) is 5.16 Å². The summed E-state index contributed by atoms with van der Waals surface area (Å²) in [6, 6.07) is 3.28. The van der Waals surface area contributed by atoms with E-state index in [-0.39, 0.29) is 17.9 Å². The minimum absolute atomic E-state index is 0.130. The molecule has 0 unspecified atom stereocenters. The number of anilines is 1. The van der Waals surface area contributed by atoms with E-state index in [1.54, 1.807) is 13.8 Å². The molecule has 0 radical (unpaired) electrons. The van der Waals surface area contributed by atoms with Gasteiger partial charge >= 0.3 is 0 Å². The van der Waals surface area contributed by atoms with E-state index in [1.165, 1.54) is 0 Å². The Kier molecular flexibility index (Phi) is 3.46. The lowest BCUT2D eigenvalue weighted by atomic mass is 10.2. The van der Waals surface area contributed by atoms with Gasteiger partial charge in [0.25, 0.3) is 5.69 Å². The largest absolute Gasteiger partial charge is 0.375 e. The van der Waals surface area contributed by atoms with Gasteiger partial charge < -0.3 is 9.84 Å². The van der Waals surface area contributed by atoms with E-state index >= 15 is 0 Å². The van der Waals surface area contributed by atoms with Crippen LogP contribution in [0.5, 0.6) is 0 Å². The van der Waals surface area contributed by atoms with Crippen molar-refractivity contribution >= 4 is 11.4 Å². The fourth-order valence-corrected chi connectivity index (χ4v) is 1.75. The second-order valence-corrected chi connectivity index (χ2v) is 4.07. The van der Waals surface area contributed by atoms with Gasteiger partial charge in [0.05, 0.1) is 10.6 Å². The third-order valence-electron chi connectivity index (χ3n) is 2.79. The van der Waals surface area contributed by atoms with E-state index in [4.69, 9.17) is 4.52 Å². The van der Waals surface area contributed by atoms with Crippen LogP contribution in [-0.4, -0.2) is 10.1 Å². The zero-order chi connectivity index (χ0) is 14.0. The van der Waals surface area contributed by atoms with E-state index < -0.39 is 10.7 Å². The van der Waals surface area contributed by atoms with Gasteiger partial charge in [-0.2, -0.15) is 0 Å². The van der Waals surface area contributed by atoms with Crippen LogP contribution in [0.25, 0.3) is 0 Å². The molecule has 0 saturated heterocycles. The Hall–Kier alpha value is -2.44. The summed E-state index contributed by atoms with van der Waals surface area (Å²) in [6.07, 6.45) is 0. The van der Waals surface area contributed by atoms with Gasteiger partial charge in [-0.3, -0.25) is 10.1 Å². The second-order valence-electron chi connectivity index (χ2n) is 4.07. The molecule has 2 aromatic rings. The van der Waals surface area contributed by atoms with Gasteiger partial charge in [-0.05, 0) is 19.9 Å². The number of nitrogens with zero attached hydrogens (tertiary/aromatic N) is 2. The molecule has 0 aliphatic heterocycles. The molecule has 7 heteroatoms. The topological polar surface area (TPSA) is 81.2 Å². The Labute approximate surface area is 108 Å². The van der Waals surface area contributed by atoms with E-state index in [1.807, 2.05) is 0 Å². The van der Waals surface area contributed by atoms with Crippen molar-refractivity contribution in [3.05, 3.63) is 51.1 Å². The molecule has 1 heterocycles. The lowest BCUT2D eigenvalue weighted by Gasteiger charge is -2.06. The number of hydrogen-bond acceptors (Lipinski definition) is 5. The number of aryl methyl sites for hydroxylation is 2. The molecular formula is C12H12FN3O3. The van der Waals surface area contributed by atoms with Gasteiger partial charge in [-0.1, -0.05) is 5.16 Å². The number of hydrogen-bond donors (Lipinski definition) is 1. The number of halogens is 1. The summed E-state index contributed by atoms with van der Waals surface area (Å²) < 4.78 is 18.1. The van der Waals surface area contributed by atoms with E-state index in [0.717, 1.165) is 23.8 Å².